The summed E-state index contributed by atoms with van der Waals surface area (Å²) in [5.41, 5.74) is 8.23. The highest BCUT2D eigenvalue weighted by molar-refractivity contribution is 5.32. The summed E-state index contributed by atoms with van der Waals surface area (Å²) in [6, 6.07) is 0. The lowest BCUT2D eigenvalue weighted by Gasteiger charge is -2.15. The van der Waals surface area contributed by atoms with E-state index in [1.165, 1.54) is 44.1 Å². The lowest BCUT2D eigenvalue weighted by molar-refractivity contribution is 0.539. The SMILES string of the molecule is NC1=CCC=C(C2CCCCCC2)C=C1. The van der Waals surface area contributed by atoms with E-state index in [4.69, 9.17) is 5.73 Å². The first kappa shape index (κ1) is 10.5. The molecule has 1 nitrogen and oxygen atoms in total. The fourth-order valence-electron chi connectivity index (χ4n) is 2.58. The van der Waals surface area contributed by atoms with Gasteiger partial charge in [-0.1, -0.05) is 43.9 Å². The van der Waals surface area contributed by atoms with Gasteiger partial charge in [-0.05, 0) is 36.8 Å². The summed E-state index contributed by atoms with van der Waals surface area (Å²) in [5.74, 6) is 0.794. The third-order valence-corrected chi connectivity index (χ3v) is 3.50. The third-order valence-electron chi connectivity index (χ3n) is 3.50. The Bertz CT molecular complexity index is 288. The van der Waals surface area contributed by atoms with Gasteiger partial charge in [0.25, 0.3) is 0 Å². The van der Waals surface area contributed by atoms with E-state index in [9.17, 15) is 0 Å². The molecule has 0 atom stereocenters. The number of rotatable bonds is 1. The van der Waals surface area contributed by atoms with Crippen LogP contribution in [0.5, 0.6) is 0 Å². The Morgan fingerprint density at radius 3 is 2.40 bits per heavy atom. The Kier molecular flexibility index (Phi) is 3.65. The predicted molar refractivity (Wildman–Crippen MR) is 65.3 cm³/mol. The van der Waals surface area contributed by atoms with Crippen LogP contribution in [0, 0.1) is 5.92 Å². The molecule has 0 aromatic rings. The molecule has 1 fully saturated rings. The van der Waals surface area contributed by atoms with Gasteiger partial charge >= 0.3 is 0 Å². The summed E-state index contributed by atoms with van der Waals surface area (Å²) in [7, 11) is 0. The van der Waals surface area contributed by atoms with Gasteiger partial charge in [0.1, 0.15) is 0 Å². The minimum absolute atomic E-state index is 0.794. The Balaban J connectivity index is 2.03. The zero-order chi connectivity index (χ0) is 10.5. The van der Waals surface area contributed by atoms with Crippen molar-refractivity contribution in [3.63, 3.8) is 0 Å². The third kappa shape index (κ3) is 2.98. The van der Waals surface area contributed by atoms with Crippen molar-refractivity contribution in [3.8, 4) is 0 Å². The molecule has 0 amide bonds. The van der Waals surface area contributed by atoms with Crippen LogP contribution in [0.2, 0.25) is 0 Å². The van der Waals surface area contributed by atoms with Crippen LogP contribution in [-0.4, -0.2) is 0 Å². The van der Waals surface area contributed by atoms with Crippen LogP contribution in [0.4, 0.5) is 0 Å². The van der Waals surface area contributed by atoms with Crippen molar-refractivity contribution in [3.05, 3.63) is 35.6 Å². The molecule has 0 aliphatic heterocycles. The average Bonchev–Trinajstić information content (AvgIpc) is 2.59. The molecule has 1 heteroatoms. The Hall–Kier alpha value is -0.980. The van der Waals surface area contributed by atoms with Gasteiger partial charge in [-0.25, -0.2) is 0 Å². The van der Waals surface area contributed by atoms with Crippen LogP contribution in [-0.2, 0) is 0 Å². The van der Waals surface area contributed by atoms with Crippen LogP contribution >= 0.6 is 0 Å². The first-order chi connectivity index (χ1) is 7.36. The fraction of sp³-hybridized carbons (Fsp3) is 0.571. The Morgan fingerprint density at radius 2 is 1.67 bits per heavy atom. The molecular weight excluding hydrogens is 182 g/mol. The van der Waals surface area contributed by atoms with Gasteiger partial charge < -0.3 is 5.73 Å². The number of hydrogen-bond donors (Lipinski definition) is 1. The highest BCUT2D eigenvalue weighted by Gasteiger charge is 2.15. The number of allylic oxidation sites excluding steroid dienone is 5. The van der Waals surface area contributed by atoms with Gasteiger partial charge in [-0.3, -0.25) is 0 Å². The monoisotopic (exact) mass is 203 g/mol. The molecule has 0 spiro atoms. The molecule has 0 heterocycles. The summed E-state index contributed by atoms with van der Waals surface area (Å²) in [4.78, 5) is 0. The van der Waals surface area contributed by atoms with Gasteiger partial charge in [0.2, 0.25) is 0 Å². The molecule has 0 unspecified atom stereocenters. The zero-order valence-corrected chi connectivity index (χ0v) is 9.41. The number of nitrogens with two attached hydrogens (primary N) is 1. The highest BCUT2D eigenvalue weighted by Crippen LogP contribution is 2.30. The molecule has 2 aliphatic rings. The van der Waals surface area contributed by atoms with E-state index >= 15 is 0 Å². The second-order valence-corrected chi connectivity index (χ2v) is 4.67. The zero-order valence-electron chi connectivity index (χ0n) is 9.41. The summed E-state index contributed by atoms with van der Waals surface area (Å²) >= 11 is 0. The second kappa shape index (κ2) is 5.20. The van der Waals surface area contributed by atoms with E-state index in [1.807, 2.05) is 0 Å². The van der Waals surface area contributed by atoms with Crippen LogP contribution in [0.3, 0.4) is 0 Å². The largest absolute Gasteiger partial charge is 0.399 e. The molecule has 0 saturated heterocycles. The van der Waals surface area contributed by atoms with E-state index in [-0.39, 0.29) is 0 Å². The van der Waals surface area contributed by atoms with Crippen molar-refractivity contribution < 1.29 is 0 Å². The van der Waals surface area contributed by atoms with Gasteiger partial charge in [0.15, 0.2) is 0 Å². The summed E-state index contributed by atoms with van der Waals surface area (Å²) in [6.07, 6.45) is 18.1. The molecule has 0 aromatic heterocycles. The number of hydrogen-bond acceptors (Lipinski definition) is 1. The van der Waals surface area contributed by atoms with Crippen molar-refractivity contribution >= 4 is 0 Å². The van der Waals surface area contributed by atoms with E-state index in [0.717, 1.165) is 18.0 Å². The van der Waals surface area contributed by atoms with Crippen LogP contribution in [0.15, 0.2) is 35.6 Å². The smallest absolute Gasteiger partial charge is 0.0276 e. The van der Waals surface area contributed by atoms with Crippen molar-refractivity contribution in [2.45, 2.75) is 44.9 Å². The van der Waals surface area contributed by atoms with E-state index in [1.54, 1.807) is 0 Å². The molecule has 15 heavy (non-hydrogen) atoms. The molecule has 2 aliphatic carbocycles. The van der Waals surface area contributed by atoms with E-state index < -0.39 is 0 Å². The first-order valence-corrected chi connectivity index (χ1v) is 6.20. The van der Waals surface area contributed by atoms with Crippen LogP contribution < -0.4 is 5.73 Å². The summed E-state index contributed by atoms with van der Waals surface area (Å²) in [5, 5.41) is 0. The minimum Gasteiger partial charge on any atom is -0.399 e. The van der Waals surface area contributed by atoms with Crippen molar-refractivity contribution in [2.75, 3.05) is 0 Å². The minimum atomic E-state index is 0.794. The van der Waals surface area contributed by atoms with Gasteiger partial charge in [-0.15, -0.1) is 0 Å². The maximum absolute atomic E-state index is 5.80. The van der Waals surface area contributed by atoms with Crippen molar-refractivity contribution in [2.24, 2.45) is 11.7 Å². The Morgan fingerprint density at radius 1 is 0.933 bits per heavy atom. The summed E-state index contributed by atoms with van der Waals surface area (Å²) in [6.45, 7) is 0. The average molecular weight is 203 g/mol. The molecule has 0 radical (unpaired) electrons. The van der Waals surface area contributed by atoms with Crippen molar-refractivity contribution in [1.82, 2.24) is 0 Å². The Labute approximate surface area is 92.7 Å². The van der Waals surface area contributed by atoms with E-state index in [0.29, 0.717) is 0 Å². The lowest BCUT2D eigenvalue weighted by atomic mass is 9.91. The second-order valence-electron chi connectivity index (χ2n) is 4.67. The maximum atomic E-state index is 5.80. The predicted octanol–water partition coefficient (Wildman–Crippen LogP) is 3.69. The topological polar surface area (TPSA) is 26.0 Å². The van der Waals surface area contributed by atoms with Crippen LogP contribution in [0.1, 0.15) is 44.9 Å². The molecule has 1 saturated carbocycles. The van der Waals surface area contributed by atoms with Gasteiger partial charge in [0.05, 0.1) is 0 Å². The standard InChI is InChI=1S/C14H21N/c15-14-9-5-8-13(10-11-14)12-6-3-1-2-4-7-12/h8-12H,1-7,15H2. The maximum Gasteiger partial charge on any atom is 0.0276 e. The van der Waals surface area contributed by atoms with Crippen molar-refractivity contribution in [1.29, 1.82) is 0 Å². The fourth-order valence-corrected chi connectivity index (χ4v) is 2.58. The van der Waals surface area contributed by atoms with Gasteiger partial charge in [-0.2, -0.15) is 0 Å². The molecule has 2 N–H and O–H groups in total. The van der Waals surface area contributed by atoms with E-state index in [2.05, 4.69) is 24.3 Å². The molecule has 82 valence electrons. The van der Waals surface area contributed by atoms with Gasteiger partial charge in [0, 0.05) is 5.70 Å². The van der Waals surface area contributed by atoms with Crippen LogP contribution in [0.25, 0.3) is 0 Å². The lowest BCUT2D eigenvalue weighted by Crippen LogP contribution is -2.01. The molecular formula is C14H21N. The molecule has 2 rings (SSSR count). The molecule has 0 bridgehead atoms. The quantitative estimate of drug-likeness (QED) is 0.646. The molecule has 0 aromatic carbocycles. The highest BCUT2D eigenvalue weighted by atomic mass is 14.6. The summed E-state index contributed by atoms with van der Waals surface area (Å²) < 4.78 is 0. The normalized spacial score (nSPS) is 24.0. The first-order valence-electron chi connectivity index (χ1n) is 6.20.